The Labute approximate surface area is 158 Å². The van der Waals surface area contributed by atoms with Gasteiger partial charge in [-0.2, -0.15) is 5.10 Å². The van der Waals surface area contributed by atoms with E-state index in [1.54, 1.807) is 49.5 Å². The van der Waals surface area contributed by atoms with E-state index >= 15 is 0 Å². The second kappa shape index (κ2) is 7.75. The molecule has 2 aromatic carbocycles. The number of benzene rings is 2. The lowest BCUT2D eigenvalue weighted by molar-refractivity contribution is 0.0779. The van der Waals surface area contributed by atoms with Gasteiger partial charge in [0.15, 0.2) is 9.84 Å². The van der Waals surface area contributed by atoms with Crippen molar-refractivity contribution in [2.75, 3.05) is 7.05 Å². The molecule has 3 rings (SSSR count). The summed E-state index contributed by atoms with van der Waals surface area (Å²) < 4.78 is 25.8. The molecular weight excluding hydrogens is 362 g/mol. The zero-order valence-corrected chi connectivity index (χ0v) is 16.0. The van der Waals surface area contributed by atoms with Crippen LogP contribution in [0.4, 0.5) is 0 Å². The standard InChI is InChI=1S/C20H21N3O3S/c1-15-12-17(22-21-15)13-23(2)20(24)18-10-6-7-11-19(18)27(25,26)14-16-8-4-3-5-9-16/h3-12H,13-14H2,1-2H3,(H,21,22). The minimum absolute atomic E-state index is 0.0453. The Morgan fingerprint density at radius 1 is 1.07 bits per heavy atom. The summed E-state index contributed by atoms with van der Waals surface area (Å²) in [4.78, 5) is 14.4. The molecule has 6 nitrogen and oxygen atoms in total. The van der Waals surface area contributed by atoms with Crippen LogP contribution in [0.1, 0.15) is 27.3 Å². The molecular formula is C20H21N3O3S. The fourth-order valence-electron chi connectivity index (χ4n) is 2.86. The van der Waals surface area contributed by atoms with Gasteiger partial charge < -0.3 is 4.90 Å². The van der Waals surface area contributed by atoms with Crippen molar-refractivity contribution in [3.05, 3.63) is 83.2 Å². The molecule has 0 aliphatic heterocycles. The summed E-state index contributed by atoms with van der Waals surface area (Å²) in [5, 5.41) is 6.95. The highest BCUT2D eigenvalue weighted by molar-refractivity contribution is 7.90. The van der Waals surface area contributed by atoms with Gasteiger partial charge in [-0.1, -0.05) is 42.5 Å². The maximum absolute atomic E-state index is 12.9. The molecule has 0 radical (unpaired) electrons. The molecule has 1 aromatic heterocycles. The second-order valence-corrected chi connectivity index (χ2v) is 8.40. The molecule has 0 atom stereocenters. The van der Waals surface area contributed by atoms with Crippen LogP contribution in [0.15, 0.2) is 65.6 Å². The number of aryl methyl sites for hydroxylation is 1. The highest BCUT2D eigenvalue weighted by Crippen LogP contribution is 2.22. The van der Waals surface area contributed by atoms with Crippen molar-refractivity contribution in [3.8, 4) is 0 Å². The topological polar surface area (TPSA) is 83.1 Å². The van der Waals surface area contributed by atoms with Crippen molar-refractivity contribution < 1.29 is 13.2 Å². The van der Waals surface area contributed by atoms with Crippen LogP contribution in [-0.2, 0) is 22.1 Å². The van der Waals surface area contributed by atoms with Crippen molar-refractivity contribution in [3.63, 3.8) is 0 Å². The molecule has 0 aliphatic rings. The Hall–Kier alpha value is -2.93. The molecule has 0 spiro atoms. The molecule has 0 unspecified atom stereocenters. The van der Waals surface area contributed by atoms with E-state index in [0.29, 0.717) is 11.3 Å². The van der Waals surface area contributed by atoms with Crippen molar-refractivity contribution >= 4 is 15.7 Å². The van der Waals surface area contributed by atoms with Crippen molar-refractivity contribution in [2.45, 2.75) is 24.1 Å². The van der Waals surface area contributed by atoms with E-state index < -0.39 is 9.84 Å². The normalized spacial score (nSPS) is 11.3. The summed E-state index contributed by atoms with van der Waals surface area (Å²) >= 11 is 0. The fourth-order valence-corrected chi connectivity index (χ4v) is 4.42. The van der Waals surface area contributed by atoms with Crippen LogP contribution in [-0.4, -0.2) is 36.5 Å². The zero-order chi connectivity index (χ0) is 19.4. The summed E-state index contributed by atoms with van der Waals surface area (Å²) in [6.07, 6.45) is 0. The van der Waals surface area contributed by atoms with Crippen LogP contribution in [0, 0.1) is 6.92 Å². The van der Waals surface area contributed by atoms with E-state index in [-0.39, 0.29) is 28.7 Å². The third-order valence-electron chi connectivity index (χ3n) is 4.16. The number of hydrogen-bond donors (Lipinski definition) is 1. The van der Waals surface area contributed by atoms with Crippen molar-refractivity contribution in [1.82, 2.24) is 15.1 Å². The third kappa shape index (κ3) is 4.43. The summed E-state index contributed by atoms with van der Waals surface area (Å²) in [7, 11) is -2.03. The molecule has 1 amide bonds. The first-order valence-electron chi connectivity index (χ1n) is 8.49. The average molecular weight is 383 g/mol. The number of hydrogen-bond acceptors (Lipinski definition) is 4. The lowest BCUT2D eigenvalue weighted by Crippen LogP contribution is -2.28. The number of carbonyl (C=O) groups excluding carboxylic acids is 1. The number of amides is 1. The molecule has 0 bridgehead atoms. The summed E-state index contributed by atoms with van der Waals surface area (Å²) in [6, 6.07) is 17.1. The predicted molar refractivity (Wildman–Crippen MR) is 103 cm³/mol. The lowest BCUT2D eigenvalue weighted by Gasteiger charge is -2.18. The Balaban J connectivity index is 1.87. The predicted octanol–water partition coefficient (Wildman–Crippen LogP) is 2.96. The van der Waals surface area contributed by atoms with Gasteiger partial charge in [-0.15, -0.1) is 0 Å². The van der Waals surface area contributed by atoms with E-state index in [4.69, 9.17) is 0 Å². The van der Waals surface area contributed by atoms with Gasteiger partial charge in [0.1, 0.15) is 0 Å². The number of nitrogens with one attached hydrogen (secondary N) is 1. The van der Waals surface area contributed by atoms with Gasteiger partial charge in [0.25, 0.3) is 5.91 Å². The minimum Gasteiger partial charge on any atom is -0.336 e. The molecule has 7 heteroatoms. The molecule has 140 valence electrons. The number of aromatic nitrogens is 2. The van der Waals surface area contributed by atoms with Crippen LogP contribution in [0.2, 0.25) is 0 Å². The highest BCUT2D eigenvalue weighted by atomic mass is 32.2. The Bertz CT molecular complexity index is 1040. The molecule has 0 fully saturated rings. The largest absolute Gasteiger partial charge is 0.336 e. The fraction of sp³-hybridized carbons (Fsp3) is 0.200. The monoisotopic (exact) mass is 383 g/mol. The lowest BCUT2D eigenvalue weighted by atomic mass is 10.2. The maximum atomic E-state index is 12.9. The van der Waals surface area contributed by atoms with Crippen LogP contribution in [0.5, 0.6) is 0 Å². The molecule has 0 saturated carbocycles. The molecule has 1 heterocycles. The van der Waals surface area contributed by atoms with Crippen LogP contribution in [0.3, 0.4) is 0 Å². The maximum Gasteiger partial charge on any atom is 0.255 e. The number of rotatable bonds is 6. The summed E-state index contributed by atoms with van der Waals surface area (Å²) in [5.74, 6) is -0.511. The van der Waals surface area contributed by atoms with Crippen LogP contribution in [0.25, 0.3) is 0 Å². The number of sulfone groups is 1. The second-order valence-electron chi connectivity index (χ2n) is 6.44. The molecule has 27 heavy (non-hydrogen) atoms. The molecule has 3 aromatic rings. The van der Waals surface area contributed by atoms with Crippen molar-refractivity contribution in [2.24, 2.45) is 0 Å². The summed E-state index contributed by atoms with van der Waals surface area (Å²) in [5.41, 5.74) is 2.47. The Morgan fingerprint density at radius 3 is 2.41 bits per heavy atom. The van der Waals surface area contributed by atoms with Gasteiger partial charge in [0, 0.05) is 12.7 Å². The number of aromatic amines is 1. The minimum atomic E-state index is -3.66. The van der Waals surface area contributed by atoms with Crippen LogP contribution >= 0.6 is 0 Å². The van der Waals surface area contributed by atoms with Gasteiger partial charge in [-0.3, -0.25) is 9.89 Å². The first-order chi connectivity index (χ1) is 12.9. The van der Waals surface area contributed by atoms with Crippen LogP contribution < -0.4 is 0 Å². The van der Waals surface area contributed by atoms with E-state index in [2.05, 4.69) is 10.2 Å². The number of carbonyl (C=O) groups is 1. The Morgan fingerprint density at radius 2 is 1.74 bits per heavy atom. The number of H-pyrrole nitrogens is 1. The zero-order valence-electron chi connectivity index (χ0n) is 15.2. The highest BCUT2D eigenvalue weighted by Gasteiger charge is 2.24. The van der Waals surface area contributed by atoms with Gasteiger partial charge in [-0.25, -0.2) is 8.42 Å². The van der Waals surface area contributed by atoms with Gasteiger partial charge in [0.05, 0.1) is 28.5 Å². The van der Waals surface area contributed by atoms with Gasteiger partial charge in [-0.05, 0) is 30.7 Å². The average Bonchev–Trinajstić information content (AvgIpc) is 3.06. The number of nitrogens with zero attached hydrogens (tertiary/aromatic N) is 2. The molecule has 1 N–H and O–H groups in total. The molecule has 0 saturated heterocycles. The summed E-state index contributed by atoms with van der Waals surface area (Å²) in [6.45, 7) is 2.17. The Kier molecular flexibility index (Phi) is 5.41. The smallest absolute Gasteiger partial charge is 0.255 e. The first kappa shape index (κ1) is 18.8. The van der Waals surface area contributed by atoms with Gasteiger partial charge >= 0.3 is 0 Å². The quantitative estimate of drug-likeness (QED) is 0.709. The van der Waals surface area contributed by atoms with E-state index in [1.807, 2.05) is 19.1 Å². The van der Waals surface area contributed by atoms with E-state index in [9.17, 15) is 13.2 Å². The van der Waals surface area contributed by atoms with E-state index in [1.165, 1.54) is 11.0 Å². The van der Waals surface area contributed by atoms with E-state index in [0.717, 1.165) is 5.69 Å². The third-order valence-corrected chi connectivity index (χ3v) is 5.90. The SMILES string of the molecule is Cc1cc(CN(C)C(=O)c2ccccc2S(=O)(=O)Cc2ccccc2)n[nH]1. The van der Waals surface area contributed by atoms with Crippen molar-refractivity contribution in [1.29, 1.82) is 0 Å². The first-order valence-corrected chi connectivity index (χ1v) is 10.1. The van der Waals surface area contributed by atoms with Gasteiger partial charge in [0.2, 0.25) is 0 Å². The molecule has 0 aliphatic carbocycles.